The first-order chi connectivity index (χ1) is 45.0. The molecular formula is C86H68O6. The molecule has 2 saturated heterocycles. The molecule has 0 spiro atoms. The fourth-order valence-corrected chi connectivity index (χ4v) is 12.3. The largest absolute Gasteiger partial charge is 0.392 e. The van der Waals surface area contributed by atoms with Crippen molar-refractivity contribution in [2.45, 2.75) is 40.9 Å². The zero-order valence-electron chi connectivity index (χ0n) is 52.2. The first-order valence-corrected chi connectivity index (χ1v) is 31.3. The van der Waals surface area contributed by atoms with Crippen LogP contribution in [0.5, 0.6) is 0 Å². The fourth-order valence-electron chi connectivity index (χ4n) is 12.3. The van der Waals surface area contributed by atoms with Crippen molar-refractivity contribution in [1.82, 2.24) is 0 Å². The van der Waals surface area contributed by atoms with Crippen LogP contribution in [0.2, 0.25) is 0 Å². The molecule has 6 nitrogen and oxygen atoms in total. The van der Waals surface area contributed by atoms with Crippen LogP contribution in [0.15, 0.2) is 206 Å². The predicted octanol–water partition coefficient (Wildman–Crippen LogP) is 17.2. The van der Waals surface area contributed by atoms with Crippen LogP contribution in [-0.2, 0) is 32.2 Å². The molecule has 16 bridgehead atoms. The van der Waals surface area contributed by atoms with E-state index in [1.54, 1.807) is 0 Å². The maximum absolute atomic E-state index is 10.6. The SMILES string of the molecule is C1COCCO1.C1COCCO1.Cc1cc2cc(c1)-c1cc(CO)cc(c1)-c1cc(C)cc(c1)C#Cc1cccc3cc4cccc(c4cc13)C#Cc1cc(C)cc(c1)-c1cc(CO)cc(c1)-c1cc(C)cc(c1)C#Cc1cccc3cc4cccc(c4cc13)C#C2. The highest BCUT2D eigenvalue weighted by molar-refractivity contribution is 6.04. The van der Waals surface area contributed by atoms with Crippen molar-refractivity contribution in [2.75, 3.05) is 52.9 Å². The van der Waals surface area contributed by atoms with E-state index in [0.717, 1.165) is 218 Å². The van der Waals surface area contributed by atoms with E-state index in [2.05, 4.69) is 281 Å². The number of benzene rings is 12. The Kier molecular flexibility index (Phi) is 18.3. The quantitative estimate of drug-likeness (QED) is 0.133. The van der Waals surface area contributed by atoms with E-state index in [1.165, 1.54) is 0 Å². The monoisotopic (exact) mass is 1200 g/mol. The van der Waals surface area contributed by atoms with Gasteiger partial charge in [0.25, 0.3) is 0 Å². The Morgan fingerprint density at radius 3 is 0.728 bits per heavy atom. The standard InChI is InChI=1S/C78H52O2.2C4H8O2/c1-49-25-53-17-21-59-9-5-13-63-41-64-14-6-10-60(76(64)45-75(59)63)23-19-55-27-51(3)31-69(35-55)73-39-58(48-80)40-74(44-73)70-32-52(4)28-56(36-70)20-24-62-12-8-16-66-42-65-15-7-11-61(77(65)46-78(62)66)22-18-54-26-50(2)30-68(34-54)72-38-57(47-79)37-71(43-72)67(29-49)33-53;2*1-2-6-4-3-5-1/h5-16,25-46,79-80H,47-48H2,1-4H3;2*1-4H2. The number of aryl methyl sites for hydroxylation is 4. The van der Waals surface area contributed by atoms with Crippen LogP contribution in [0.3, 0.4) is 0 Å². The lowest BCUT2D eigenvalue weighted by molar-refractivity contribution is -0.0334. The van der Waals surface area contributed by atoms with Crippen molar-refractivity contribution in [2.24, 2.45) is 0 Å². The van der Waals surface area contributed by atoms with Crippen LogP contribution in [0.4, 0.5) is 0 Å². The fraction of sp³-hybridized carbons (Fsp3) is 0.163. The molecule has 0 radical (unpaired) electrons. The summed E-state index contributed by atoms with van der Waals surface area (Å²) in [4.78, 5) is 0. The normalized spacial score (nSPS) is 13.1. The van der Waals surface area contributed by atoms with Crippen LogP contribution < -0.4 is 0 Å². The lowest BCUT2D eigenvalue weighted by Crippen LogP contribution is -2.16. The molecule has 2 fully saturated rings. The summed E-state index contributed by atoms with van der Waals surface area (Å²) in [6.45, 7) is 14.5. The molecular weight excluding hydrogens is 1130 g/mol. The smallest absolute Gasteiger partial charge is 0.0701 e. The van der Waals surface area contributed by atoms with Gasteiger partial charge >= 0.3 is 0 Å². The van der Waals surface area contributed by atoms with E-state index >= 15 is 0 Å². The second-order valence-electron chi connectivity index (χ2n) is 23.8. The predicted molar refractivity (Wildman–Crippen MR) is 376 cm³/mol. The maximum atomic E-state index is 10.6. The number of hydrogen-bond donors (Lipinski definition) is 2. The van der Waals surface area contributed by atoms with Gasteiger partial charge in [0.2, 0.25) is 0 Å². The number of aliphatic hydroxyl groups is 2. The average Bonchev–Trinajstić information content (AvgIpc) is 0.826. The summed E-state index contributed by atoms with van der Waals surface area (Å²) in [5.74, 6) is 28.4. The molecule has 92 heavy (non-hydrogen) atoms. The van der Waals surface area contributed by atoms with Crippen molar-refractivity contribution in [3.63, 3.8) is 0 Å². The van der Waals surface area contributed by atoms with Crippen molar-refractivity contribution < 1.29 is 29.2 Å². The summed E-state index contributed by atoms with van der Waals surface area (Å²) < 4.78 is 19.8. The molecule has 0 unspecified atom stereocenters. The van der Waals surface area contributed by atoms with E-state index in [-0.39, 0.29) is 13.2 Å². The molecule has 6 heteroatoms. The van der Waals surface area contributed by atoms with Gasteiger partial charge in [0.1, 0.15) is 0 Å². The number of fused-ring (bicyclic) bond motifs is 16. The minimum absolute atomic E-state index is 0.0921. The van der Waals surface area contributed by atoms with Gasteiger partial charge in [-0.25, -0.2) is 0 Å². The van der Waals surface area contributed by atoms with Crippen LogP contribution in [0.25, 0.3) is 87.6 Å². The van der Waals surface area contributed by atoms with Gasteiger partial charge in [-0.2, -0.15) is 0 Å². The molecule has 2 N–H and O–H groups in total. The van der Waals surface area contributed by atoms with Crippen molar-refractivity contribution in [3.8, 4) is 91.9 Å². The van der Waals surface area contributed by atoms with Crippen LogP contribution in [0, 0.1) is 75.1 Å². The number of hydrogen-bond acceptors (Lipinski definition) is 6. The van der Waals surface area contributed by atoms with E-state index < -0.39 is 0 Å². The Balaban J connectivity index is 0.000000580. The molecule has 0 saturated carbocycles. The Bertz CT molecular complexity index is 4480. The minimum Gasteiger partial charge on any atom is -0.392 e. The van der Waals surface area contributed by atoms with Gasteiger partial charge < -0.3 is 29.2 Å². The average molecular weight is 1200 g/mol. The van der Waals surface area contributed by atoms with Gasteiger partial charge in [-0.3, -0.25) is 0 Å². The first kappa shape index (κ1) is 60.6. The molecule has 448 valence electrons. The number of rotatable bonds is 2. The molecule has 15 rings (SSSR count). The topological polar surface area (TPSA) is 77.4 Å². The van der Waals surface area contributed by atoms with Crippen LogP contribution in [0.1, 0.15) is 77.9 Å². The zero-order valence-corrected chi connectivity index (χ0v) is 52.2. The maximum Gasteiger partial charge on any atom is 0.0701 e. The highest BCUT2D eigenvalue weighted by Crippen LogP contribution is 2.35. The molecule has 1 aliphatic carbocycles. The van der Waals surface area contributed by atoms with E-state index in [9.17, 15) is 10.2 Å². The third kappa shape index (κ3) is 14.3. The number of ether oxygens (including phenoxy) is 4. The highest BCUT2D eigenvalue weighted by Gasteiger charge is 2.13. The molecule has 12 aromatic carbocycles. The summed E-state index contributed by atoms with van der Waals surface area (Å²) in [5, 5.41) is 30.0. The third-order valence-corrected chi connectivity index (χ3v) is 16.6. The summed E-state index contributed by atoms with van der Waals surface area (Å²) in [7, 11) is 0. The second-order valence-corrected chi connectivity index (χ2v) is 23.8. The zero-order chi connectivity index (χ0) is 62.9. The molecule has 0 atom stereocenters. The Morgan fingerprint density at radius 1 is 0.261 bits per heavy atom. The van der Waals surface area contributed by atoms with Gasteiger partial charge in [0, 0.05) is 44.5 Å². The Morgan fingerprint density at radius 2 is 0.500 bits per heavy atom. The molecule has 0 aromatic heterocycles. The molecule has 3 aliphatic rings. The van der Waals surface area contributed by atoms with Crippen molar-refractivity contribution >= 4 is 43.1 Å². The van der Waals surface area contributed by atoms with Gasteiger partial charge in [0.05, 0.1) is 66.1 Å². The molecule has 0 amide bonds. The Labute approximate surface area is 539 Å². The molecule has 2 heterocycles. The van der Waals surface area contributed by atoms with E-state index in [0.29, 0.717) is 0 Å². The summed E-state index contributed by atoms with van der Waals surface area (Å²) in [6, 6.07) is 72.8. The third-order valence-electron chi connectivity index (χ3n) is 16.6. The van der Waals surface area contributed by atoms with Gasteiger partial charge in [-0.05, 0) is 282 Å². The van der Waals surface area contributed by atoms with Crippen molar-refractivity contribution in [3.05, 3.63) is 284 Å². The second kappa shape index (κ2) is 27.8. The van der Waals surface area contributed by atoms with E-state index in [4.69, 9.17) is 18.9 Å². The van der Waals surface area contributed by atoms with E-state index in [1.807, 2.05) is 0 Å². The molecule has 12 aromatic rings. The summed E-state index contributed by atoms with van der Waals surface area (Å²) in [5.41, 5.74) is 21.5. The lowest BCUT2D eigenvalue weighted by Gasteiger charge is -2.12. The summed E-state index contributed by atoms with van der Waals surface area (Å²) >= 11 is 0. The first-order valence-electron chi connectivity index (χ1n) is 31.3. The van der Waals surface area contributed by atoms with Crippen LogP contribution >= 0.6 is 0 Å². The lowest BCUT2D eigenvalue weighted by atomic mass is 9.93. The summed E-state index contributed by atoms with van der Waals surface area (Å²) in [6.07, 6.45) is 0. The molecule has 2 aliphatic heterocycles. The van der Waals surface area contributed by atoms with Crippen LogP contribution in [-0.4, -0.2) is 63.1 Å². The van der Waals surface area contributed by atoms with Gasteiger partial charge in [-0.15, -0.1) is 0 Å². The van der Waals surface area contributed by atoms with Crippen molar-refractivity contribution in [1.29, 1.82) is 0 Å². The Hall–Kier alpha value is -10.3. The number of aliphatic hydroxyl groups excluding tert-OH is 2. The minimum atomic E-state index is -0.0921. The highest BCUT2D eigenvalue weighted by atomic mass is 16.6. The van der Waals surface area contributed by atoms with Gasteiger partial charge in [0.15, 0.2) is 0 Å². The van der Waals surface area contributed by atoms with Gasteiger partial charge in [-0.1, -0.05) is 120 Å².